The Morgan fingerprint density at radius 3 is 2.93 bits per heavy atom. The molecule has 0 saturated heterocycles. The second kappa shape index (κ2) is 4.17. The van der Waals surface area contributed by atoms with E-state index in [4.69, 9.17) is 5.73 Å². The SMILES string of the molecule is NC(=O)/C1=C/c2ccccc2NCCC1. The van der Waals surface area contributed by atoms with Crippen molar-refractivity contribution in [1.82, 2.24) is 0 Å². The number of nitrogens with one attached hydrogen (secondary N) is 1. The van der Waals surface area contributed by atoms with E-state index in [0.717, 1.165) is 30.6 Å². The van der Waals surface area contributed by atoms with E-state index in [9.17, 15) is 4.79 Å². The second-order valence-electron chi connectivity index (χ2n) is 3.65. The summed E-state index contributed by atoms with van der Waals surface area (Å²) in [6, 6.07) is 7.93. The van der Waals surface area contributed by atoms with Crippen LogP contribution in [0.25, 0.3) is 6.08 Å². The van der Waals surface area contributed by atoms with E-state index in [-0.39, 0.29) is 5.91 Å². The first-order valence-corrected chi connectivity index (χ1v) is 5.10. The van der Waals surface area contributed by atoms with E-state index in [0.29, 0.717) is 5.57 Å². The lowest BCUT2D eigenvalue weighted by Crippen LogP contribution is -2.16. The molecule has 0 unspecified atom stereocenters. The molecular formula is C12H14N2O. The van der Waals surface area contributed by atoms with Crippen LogP contribution in [0.2, 0.25) is 0 Å². The minimum Gasteiger partial charge on any atom is -0.385 e. The number of para-hydroxylation sites is 1. The van der Waals surface area contributed by atoms with Crippen molar-refractivity contribution < 1.29 is 4.79 Å². The Kier molecular flexibility index (Phi) is 2.72. The van der Waals surface area contributed by atoms with Crippen LogP contribution in [0.1, 0.15) is 18.4 Å². The maximum absolute atomic E-state index is 11.2. The molecule has 2 rings (SSSR count). The number of fused-ring (bicyclic) bond motifs is 1. The van der Waals surface area contributed by atoms with Gasteiger partial charge in [-0.25, -0.2) is 0 Å². The Hall–Kier alpha value is -1.77. The number of carbonyl (C=O) groups is 1. The molecule has 0 saturated carbocycles. The molecule has 0 aromatic heterocycles. The van der Waals surface area contributed by atoms with Gasteiger partial charge in [-0.1, -0.05) is 18.2 Å². The van der Waals surface area contributed by atoms with Crippen molar-refractivity contribution >= 4 is 17.7 Å². The van der Waals surface area contributed by atoms with Crippen molar-refractivity contribution in [3.63, 3.8) is 0 Å². The number of rotatable bonds is 1. The molecule has 78 valence electrons. The summed E-state index contributed by atoms with van der Waals surface area (Å²) in [5.41, 5.74) is 8.13. The monoisotopic (exact) mass is 202 g/mol. The number of hydrogen-bond acceptors (Lipinski definition) is 2. The number of benzene rings is 1. The van der Waals surface area contributed by atoms with Crippen LogP contribution in [0.3, 0.4) is 0 Å². The van der Waals surface area contributed by atoms with Crippen molar-refractivity contribution in [2.75, 3.05) is 11.9 Å². The van der Waals surface area contributed by atoms with Crippen LogP contribution < -0.4 is 11.1 Å². The quantitative estimate of drug-likeness (QED) is 0.729. The third-order valence-electron chi connectivity index (χ3n) is 2.55. The van der Waals surface area contributed by atoms with Gasteiger partial charge in [-0.05, 0) is 30.5 Å². The van der Waals surface area contributed by atoms with Gasteiger partial charge in [0.05, 0.1) is 0 Å². The van der Waals surface area contributed by atoms with E-state index in [1.807, 2.05) is 30.3 Å². The largest absolute Gasteiger partial charge is 0.385 e. The van der Waals surface area contributed by atoms with Crippen LogP contribution in [-0.4, -0.2) is 12.5 Å². The average molecular weight is 202 g/mol. The lowest BCUT2D eigenvalue weighted by atomic mass is 10.0. The van der Waals surface area contributed by atoms with Crippen LogP contribution in [-0.2, 0) is 4.79 Å². The van der Waals surface area contributed by atoms with E-state index in [1.165, 1.54) is 0 Å². The number of anilines is 1. The number of primary amides is 1. The van der Waals surface area contributed by atoms with Crippen LogP contribution >= 0.6 is 0 Å². The molecule has 3 N–H and O–H groups in total. The third-order valence-corrected chi connectivity index (χ3v) is 2.55. The Balaban J connectivity index is 2.43. The molecule has 3 nitrogen and oxygen atoms in total. The molecule has 3 heteroatoms. The third kappa shape index (κ3) is 2.18. The van der Waals surface area contributed by atoms with Crippen molar-refractivity contribution in [3.05, 3.63) is 35.4 Å². The maximum Gasteiger partial charge on any atom is 0.244 e. The summed E-state index contributed by atoms with van der Waals surface area (Å²) >= 11 is 0. The van der Waals surface area contributed by atoms with Crippen LogP contribution in [0.4, 0.5) is 5.69 Å². The van der Waals surface area contributed by atoms with Gasteiger partial charge in [-0.15, -0.1) is 0 Å². The highest BCUT2D eigenvalue weighted by molar-refractivity contribution is 5.97. The summed E-state index contributed by atoms with van der Waals surface area (Å²) in [5, 5.41) is 3.33. The molecule has 15 heavy (non-hydrogen) atoms. The van der Waals surface area contributed by atoms with Crippen molar-refractivity contribution in [1.29, 1.82) is 0 Å². The number of nitrogens with two attached hydrogens (primary N) is 1. The maximum atomic E-state index is 11.2. The topological polar surface area (TPSA) is 55.1 Å². The Bertz CT molecular complexity index is 410. The molecule has 1 aromatic rings. The number of amides is 1. The Labute approximate surface area is 89.0 Å². The van der Waals surface area contributed by atoms with E-state index in [2.05, 4.69) is 5.32 Å². The van der Waals surface area contributed by atoms with Gasteiger partial charge in [0.2, 0.25) is 5.91 Å². The van der Waals surface area contributed by atoms with Gasteiger partial charge in [0.25, 0.3) is 0 Å². The highest BCUT2D eigenvalue weighted by Crippen LogP contribution is 2.22. The molecular weight excluding hydrogens is 188 g/mol. The molecule has 1 aliphatic heterocycles. The second-order valence-corrected chi connectivity index (χ2v) is 3.65. The zero-order chi connectivity index (χ0) is 10.7. The molecule has 0 fully saturated rings. The van der Waals surface area contributed by atoms with Gasteiger partial charge in [0.15, 0.2) is 0 Å². The summed E-state index contributed by atoms with van der Waals surface area (Å²) in [6.07, 6.45) is 3.56. The lowest BCUT2D eigenvalue weighted by Gasteiger charge is -2.14. The molecule has 0 atom stereocenters. The van der Waals surface area contributed by atoms with Gasteiger partial charge in [-0.3, -0.25) is 4.79 Å². The normalized spacial score (nSPS) is 18.8. The summed E-state index contributed by atoms with van der Waals surface area (Å²) in [5.74, 6) is -0.313. The zero-order valence-electron chi connectivity index (χ0n) is 8.49. The molecule has 1 aliphatic rings. The van der Waals surface area contributed by atoms with Gasteiger partial charge in [0, 0.05) is 17.8 Å². The van der Waals surface area contributed by atoms with Gasteiger partial charge < -0.3 is 11.1 Å². The summed E-state index contributed by atoms with van der Waals surface area (Å²) in [7, 11) is 0. The lowest BCUT2D eigenvalue weighted by molar-refractivity contribution is -0.114. The van der Waals surface area contributed by atoms with Crippen LogP contribution in [0, 0.1) is 0 Å². The highest BCUT2D eigenvalue weighted by atomic mass is 16.1. The highest BCUT2D eigenvalue weighted by Gasteiger charge is 2.09. The predicted octanol–water partition coefficient (Wildman–Crippen LogP) is 1.76. The van der Waals surface area contributed by atoms with Crippen molar-refractivity contribution in [2.24, 2.45) is 5.73 Å². The number of carbonyl (C=O) groups excluding carboxylic acids is 1. The predicted molar refractivity (Wildman–Crippen MR) is 61.3 cm³/mol. The minimum absolute atomic E-state index is 0.313. The standard InChI is InChI=1S/C12H14N2O/c13-12(15)10-5-3-7-14-11-6-2-1-4-9(11)8-10/h1-2,4,6,8,14H,3,5,7H2,(H2,13,15)/b10-8+. The first-order valence-electron chi connectivity index (χ1n) is 5.10. The molecule has 0 aliphatic carbocycles. The fourth-order valence-electron chi connectivity index (χ4n) is 1.74. The van der Waals surface area contributed by atoms with Gasteiger partial charge >= 0.3 is 0 Å². The number of hydrogen-bond donors (Lipinski definition) is 2. The average Bonchev–Trinajstić information content (AvgIpc) is 2.18. The molecule has 0 bridgehead atoms. The fourth-order valence-corrected chi connectivity index (χ4v) is 1.74. The van der Waals surface area contributed by atoms with Crippen LogP contribution in [0.5, 0.6) is 0 Å². The zero-order valence-corrected chi connectivity index (χ0v) is 8.49. The van der Waals surface area contributed by atoms with Crippen LogP contribution in [0.15, 0.2) is 29.8 Å². The van der Waals surface area contributed by atoms with Gasteiger partial charge in [0.1, 0.15) is 0 Å². The minimum atomic E-state index is -0.313. The smallest absolute Gasteiger partial charge is 0.244 e. The van der Waals surface area contributed by atoms with E-state index >= 15 is 0 Å². The summed E-state index contributed by atoms with van der Waals surface area (Å²) in [6.45, 7) is 0.877. The Morgan fingerprint density at radius 1 is 1.33 bits per heavy atom. The summed E-state index contributed by atoms with van der Waals surface area (Å²) in [4.78, 5) is 11.2. The molecule has 1 aromatic carbocycles. The van der Waals surface area contributed by atoms with Crippen molar-refractivity contribution in [2.45, 2.75) is 12.8 Å². The Morgan fingerprint density at radius 2 is 2.13 bits per heavy atom. The molecule has 0 spiro atoms. The fraction of sp³-hybridized carbons (Fsp3) is 0.250. The van der Waals surface area contributed by atoms with E-state index in [1.54, 1.807) is 0 Å². The van der Waals surface area contributed by atoms with Crippen molar-refractivity contribution in [3.8, 4) is 0 Å². The first-order chi connectivity index (χ1) is 7.27. The van der Waals surface area contributed by atoms with E-state index < -0.39 is 0 Å². The molecule has 1 amide bonds. The van der Waals surface area contributed by atoms with Gasteiger partial charge in [-0.2, -0.15) is 0 Å². The molecule has 0 radical (unpaired) electrons. The first kappa shape index (κ1) is 9.77. The molecule has 1 heterocycles. The summed E-state index contributed by atoms with van der Waals surface area (Å²) < 4.78 is 0.